The van der Waals surface area contributed by atoms with Crippen molar-refractivity contribution in [3.05, 3.63) is 57.8 Å². The second kappa shape index (κ2) is 9.64. The molecule has 2 N–H and O–H groups in total. The molecule has 6 nitrogen and oxygen atoms in total. The minimum absolute atomic E-state index is 0.0989. The average Bonchev–Trinajstić information content (AvgIpc) is 3.22. The van der Waals surface area contributed by atoms with Crippen molar-refractivity contribution in [1.29, 1.82) is 0 Å². The van der Waals surface area contributed by atoms with Crippen molar-refractivity contribution < 1.29 is 24.0 Å². The van der Waals surface area contributed by atoms with E-state index >= 15 is 0 Å². The van der Waals surface area contributed by atoms with Gasteiger partial charge in [-0.05, 0) is 30.5 Å². The first-order valence-corrected chi connectivity index (χ1v) is 10.00. The lowest BCUT2D eigenvalue weighted by atomic mass is 10.1. The number of esters is 1. The average molecular weight is 389 g/mol. The third kappa shape index (κ3) is 5.89. The summed E-state index contributed by atoms with van der Waals surface area (Å²) in [5.74, 6) is -0.795. The number of carbonyl (C=O) groups is 2. The van der Waals surface area contributed by atoms with E-state index in [0.717, 1.165) is 37.7 Å². The normalized spacial score (nSPS) is 15.9. The Morgan fingerprint density at radius 1 is 1.22 bits per heavy atom. The van der Waals surface area contributed by atoms with Crippen LogP contribution in [0, 0.1) is 0 Å². The maximum absolute atomic E-state index is 12.1. The number of thiophene rings is 1. The monoisotopic (exact) mass is 389 g/mol. The van der Waals surface area contributed by atoms with Crippen LogP contribution in [0.3, 0.4) is 0 Å². The molecule has 3 rings (SSSR count). The van der Waals surface area contributed by atoms with Gasteiger partial charge in [-0.25, -0.2) is 4.79 Å². The molecule has 0 aliphatic carbocycles. The fourth-order valence-electron chi connectivity index (χ4n) is 2.99. The Morgan fingerprint density at radius 2 is 1.96 bits per heavy atom. The summed E-state index contributed by atoms with van der Waals surface area (Å²) in [6.45, 7) is 6.14. The predicted molar refractivity (Wildman–Crippen MR) is 103 cm³/mol. The molecule has 0 spiro atoms. The summed E-state index contributed by atoms with van der Waals surface area (Å²) < 4.78 is 10.5. The molecule has 1 aliphatic rings. The van der Waals surface area contributed by atoms with Gasteiger partial charge in [0.1, 0.15) is 19.6 Å². The third-order valence-corrected chi connectivity index (χ3v) is 5.58. The van der Waals surface area contributed by atoms with Crippen molar-refractivity contribution >= 4 is 23.2 Å². The van der Waals surface area contributed by atoms with E-state index in [1.165, 1.54) is 10.5 Å². The molecule has 2 heterocycles. The SMILES string of the molecule is C[C@H](NC(=O)COC(=O)c1ccc(C[NH+]2CCOCC2)cc1)c1cccs1. The molecule has 0 radical (unpaired) electrons. The quantitative estimate of drug-likeness (QED) is 0.698. The number of amides is 1. The third-order valence-electron chi connectivity index (χ3n) is 4.53. The van der Waals surface area contributed by atoms with Gasteiger partial charge in [0, 0.05) is 10.4 Å². The van der Waals surface area contributed by atoms with Crippen LogP contribution in [0.1, 0.15) is 33.8 Å². The second-order valence-electron chi connectivity index (χ2n) is 6.62. The van der Waals surface area contributed by atoms with Crippen molar-refractivity contribution in [2.75, 3.05) is 32.9 Å². The largest absolute Gasteiger partial charge is 0.452 e. The van der Waals surface area contributed by atoms with Gasteiger partial charge in [-0.3, -0.25) is 4.79 Å². The summed E-state index contributed by atoms with van der Waals surface area (Å²) in [4.78, 5) is 26.6. The molecule has 1 fully saturated rings. The molecule has 0 bridgehead atoms. The van der Waals surface area contributed by atoms with Gasteiger partial charge in [0.15, 0.2) is 6.61 Å². The zero-order chi connectivity index (χ0) is 19.1. The van der Waals surface area contributed by atoms with E-state index in [2.05, 4.69) is 5.32 Å². The molecule has 27 heavy (non-hydrogen) atoms. The van der Waals surface area contributed by atoms with Crippen LogP contribution in [0.2, 0.25) is 0 Å². The van der Waals surface area contributed by atoms with Crippen molar-refractivity contribution in [2.24, 2.45) is 0 Å². The smallest absolute Gasteiger partial charge is 0.338 e. The topological polar surface area (TPSA) is 69.1 Å². The molecular weight excluding hydrogens is 364 g/mol. The fraction of sp³-hybridized carbons (Fsp3) is 0.400. The van der Waals surface area contributed by atoms with Gasteiger partial charge < -0.3 is 19.7 Å². The number of morpholine rings is 1. The number of rotatable bonds is 7. The molecule has 1 amide bonds. The molecule has 1 aliphatic heterocycles. The van der Waals surface area contributed by atoms with Gasteiger partial charge >= 0.3 is 5.97 Å². The minimum atomic E-state index is -0.487. The maximum atomic E-state index is 12.1. The highest BCUT2D eigenvalue weighted by molar-refractivity contribution is 7.10. The minimum Gasteiger partial charge on any atom is -0.452 e. The number of nitrogens with one attached hydrogen (secondary N) is 2. The fourth-order valence-corrected chi connectivity index (χ4v) is 3.73. The van der Waals surface area contributed by atoms with Gasteiger partial charge in [-0.15, -0.1) is 11.3 Å². The van der Waals surface area contributed by atoms with Crippen molar-refractivity contribution in [3.63, 3.8) is 0 Å². The van der Waals surface area contributed by atoms with Crippen LogP contribution in [-0.4, -0.2) is 44.8 Å². The molecule has 1 saturated heterocycles. The molecule has 1 aromatic heterocycles. The first kappa shape index (κ1) is 19.5. The lowest BCUT2D eigenvalue weighted by molar-refractivity contribution is -0.921. The van der Waals surface area contributed by atoms with Crippen LogP contribution in [0.5, 0.6) is 0 Å². The molecule has 0 saturated carbocycles. The Hall–Kier alpha value is -2.22. The number of benzene rings is 1. The van der Waals surface area contributed by atoms with Crippen LogP contribution < -0.4 is 10.2 Å². The van der Waals surface area contributed by atoms with E-state index in [-0.39, 0.29) is 18.6 Å². The van der Waals surface area contributed by atoms with Gasteiger partial charge in [0.2, 0.25) is 0 Å². The van der Waals surface area contributed by atoms with Crippen LogP contribution in [0.15, 0.2) is 41.8 Å². The number of carbonyl (C=O) groups excluding carboxylic acids is 2. The number of quaternary nitrogens is 1. The van der Waals surface area contributed by atoms with E-state index < -0.39 is 5.97 Å². The molecule has 144 valence electrons. The standard InChI is InChI=1S/C20H24N2O4S/c1-15(18-3-2-12-27-18)21-19(23)14-26-20(24)17-6-4-16(5-7-17)13-22-8-10-25-11-9-22/h2-7,12,15H,8-11,13-14H2,1H3,(H,21,23)/p+1/t15-/m0/s1. The van der Waals surface area contributed by atoms with E-state index in [1.807, 2.05) is 36.6 Å². The van der Waals surface area contributed by atoms with Crippen LogP contribution in [0.25, 0.3) is 0 Å². The Kier molecular flexibility index (Phi) is 6.98. The lowest BCUT2D eigenvalue weighted by Gasteiger charge is -2.23. The Balaban J connectivity index is 1.44. The van der Waals surface area contributed by atoms with E-state index in [0.29, 0.717) is 5.56 Å². The Labute approximate surface area is 163 Å². The van der Waals surface area contributed by atoms with Gasteiger partial charge in [0.05, 0.1) is 24.8 Å². The molecule has 1 aromatic carbocycles. The van der Waals surface area contributed by atoms with Gasteiger partial charge in [-0.2, -0.15) is 0 Å². The van der Waals surface area contributed by atoms with Crippen molar-refractivity contribution in [2.45, 2.75) is 19.5 Å². The summed E-state index contributed by atoms with van der Waals surface area (Å²) in [5.41, 5.74) is 1.63. The number of hydrogen-bond donors (Lipinski definition) is 2. The molecule has 1 atom stereocenters. The van der Waals surface area contributed by atoms with Crippen molar-refractivity contribution in [3.8, 4) is 0 Å². The van der Waals surface area contributed by atoms with E-state index in [1.54, 1.807) is 23.5 Å². The maximum Gasteiger partial charge on any atom is 0.338 e. The summed E-state index contributed by atoms with van der Waals surface area (Å²) in [6.07, 6.45) is 0. The van der Waals surface area contributed by atoms with Crippen LogP contribution in [0.4, 0.5) is 0 Å². The predicted octanol–water partition coefficient (Wildman–Crippen LogP) is 1.20. The summed E-state index contributed by atoms with van der Waals surface area (Å²) in [6, 6.07) is 11.2. The Bertz CT molecular complexity index is 740. The van der Waals surface area contributed by atoms with Gasteiger partial charge in [-0.1, -0.05) is 18.2 Å². The lowest BCUT2D eigenvalue weighted by Crippen LogP contribution is -3.12. The number of ether oxygens (including phenoxy) is 2. The Morgan fingerprint density at radius 3 is 2.63 bits per heavy atom. The first-order valence-electron chi connectivity index (χ1n) is 9.12. The highest BCUT2D eigenvalue weighted by atomic mass is 32.1. The first-order chi connectivity index (χ1) is 13.1. The highest BCUT2D eigenvalue weighted by Crippen LogP contribution is 2.17. The molecule has 2 aromatic rings. The van der Waals surface area contributed by atoms with E-state index in [9.17, 15) is 9.59 Å². The molecule has 0 unspecified atom stereocenters. The summed E-state index contributed by atoms with van der Waals surface area (Å²) >= 11 is 1.58. The molecular formula is C20H25N2O4S+. The summed E-state index contributed by atoms with van der Waals surface area (Å²) in [7, 11) is 0. The summed E-state index contributed by atoms with van der Waals surface area (Å²) in [5, 5.41) is 4.79. The highest BCUT2D eigenvalue weighted by Gasteiger charge is 2.16. The van der Waals surface area contributed by atoms with E-state index in [4.69, 9.17) is 9.47 Å². The zero-order valence-corrected chi connectivity index (χ0v) is 16.2. The van der Waals surface area contributed by atoms with Crippen LogP contribution >= 0.6 is 11.3 Å². The van der Waals surface area contributed by atoms with Gasteiger partial charge in [0.25, 0.3) is 5.91 Å². The zero-order valence-electron chi connectivity index (χ0n) is 15.4. The van der Waals surface area contributed by atoms with Crippen molar-refractivity contribution in [1.82, 2.24) is 5.32 Å². The number of hydrogen-bond acceptors (Lipinski definition) is 5. The second-order valence-corrected chi connectivity index (χ2v) is 7.60. The van der Waals surface area contributed by atoms with Crippen LogP contribution in [-0.2, 0) is 20.8 Å². The molecule has 7 heteroatoms.